The molecule has 5 heteroatoms. The van der Waals surface area contributed by atoms with Gasteiger partial charge in [-0.15, -0.1) is 0 Å². The normalized spacial score (nSPS) is 12.8. The SMILES string of the molecule is C=C(F)OC(F)(F)C(F)(CC)CC. The molecule has 0 unspecified atom stereocenters. The van der Waals surface area contributed by atoms with Gasteiger partial charge in [-0.1, -0.05) is 13.8 Å². The second kappa shape index (κ2) is 3.98. The Balaban J connectivity index is 4.66. The predicted molar refractivity (Wildman–Crippen MR) is 40.7 cm³/mol. The zero-order valence-corrected chi connectivity index (χ0v) is 7.54. The van der Waals surface area contributed by atoms with Gasteiger partial charge in [-0.25, -0.2) is 4.39 Å². The van der Waals surface area contributed by atoms with E-state index in [9.17, 15) is 17.6 Å². The van der Waals surface area contributed by atoms with Crippen LogP contribution in [0, 0.1) is 0 Å². The quantitative estimate of drug-likeness (QED) is 0.487. The van der Waals surface area contributed by atoms with Crippen LogP contribution in [-0.2, 0) is 4.74 Å². The Hall–Kier alpha value is -0.740. The molecule has 0 aromatic rings. The first-order chi connectivity index (χ1) is 5.79. The molecule has 0 aromatic carbocycles. The summed E-state index contributed by atoms with van der Waals surface area (Å²) in [5.74, 6) is 0. The summed E-state index contributed by atoms with van der Waals surface area (Å²) in [4.78, 5) is 0. The third kappa shape index (κ3) is 2.60. The Morgan fingerprint density at radius 2 is 1.62 bits per heavy atom. The number of ether oxygens (including phenoxy) is 1. The van der Waals surface area contributed by atoms with Crippen LogP contribution in [0.25, 0.3) is 0 Å². The van der Waals surface area contributed by atoms with Crippen molar-refractivity contribution in [2.45, 2.75) is 38.5 Å². The summed E-state index contributed by atoms with van der Waals surface area (Å²) in [6, 6.07) is -1.69. The average molecular weight is 200 g/mol. The standard InChI is InChI=1S/C8H12F4O/c1-4-7(10,5-2)8(11,12)13-6(3)9/h3-5H2,1-2H3. The molecule has 0 bridgehead atoms. The fourth-order valence-corrected chi connectivity index (χ4v) is 0.892. The van der Waals surface area contributed by atoms with Gasteiger partial charge < -0.3 is 4.74 Å². The van der Waals surface area contributed by atoms with Crippen LogP contribution in [0.2, 0.25) is 0 Å². The van der Waals surface area contributed by atoms with E-state index < -0.39 is 30.6 Å². The van der Waals surface area contributed by atoms with Gasteiger partial charge in [0, 0.05) is 0 Å². The van der Waals surface area contributed by atoms with Crippen molar-refractivity contribution in [3.05, 3.63) is 12.6 Å². The van der Waals surface area contributed by atoms with Crippen LogP contribution >= 0.6 is 0 Å². The molecule has 78 valence electrons. The molecule has 0 saturated heterocycles. The molecule has 0 radical (unpaired) electrons. The summed E-state index contributed by atoms with van der Waals surface area (Å²) < 4.78 is 54.3. The zero-order valence-electron chi connectivity index (χ0n) is 7.54. The molecule has 0 amide bonds. The zero-order chi connectivity index (χ0) is 10.7. The lowest BCUT2D eigenvalue weighted by molar-refractivity contribution is -0.301. The lowest BCUT2D eigenvalue weighted by Gasteiger charge is -2.30. The molecule has 13 heavy (non-hydrogen) atoms. The van der Waals surface area contributed by atoms with Crippen LogP contribution in [0.5, 0.6) is 0 Å². The molecular weight excluding hydrogens is 188 g/mol. The molecule has 0 rings (SSSR count). The fraction of sp³-hybridized carbons (Fsp3) is 0.750. The topological polar surface area (TPSA) is 9.23 Å². The summed E-state index contributed by atoms with van der Waals surface area (Å²) in [5.41, 5.74) is -2.85. The second-order valence-corrected chi connectivity index (χ2v) is 2.65. The smallest absolute Gasteiger partial charge is 0.404 e. The minimum absolute atomic E-state index is 0.455. The Morgan fingerprint density at radius 1 is 1.23 bits per heavy atom. The van der Waals surface area contributed by atoms with E-state index in [0.29, 0.717) is 0 Å². The van der Waals surface area contributed by atoms with E-state index in [1.807, 2.05) is 0 Å². The number of hydrogen-bond donors (Lipinski definition) is 0. The van der Waals surface area contributed by atoms with E-state index in [1.54, 1.807) is 0 Å². The van der Waals surface area contributed by atoms with Crippen molar-refractivity contribution < 1.29 is 22.3 Å². The highest BCUT2D eigenvalue weighted by Gasteiger charge is 2.55. The Labute approximate surface area is 74.4 Å². The van der Waals surface area contributed by atoms with E-state index in [4.69, 9.17) is 0 Å². The number of halogens is 4. The lowest BCUT2D eigenvalue weighted by atomic mass is 9.98. The molecule has 0 aliphatic carbocycles. The highest BCUT2D eigenvalue weighted by molar-refractivity contribution is 4.87. The van der Waals surface area contributed by atoms with E-state index in [2.05, 4.69) is 11.3 Å². The van der Waals surface area contributed by atoms with Crippen molar-refractivity contribution in [3.8, 4) is 0 Å². The van der Waals surface area contributed by atoms with E-state index in [-0.39, 0.29) is 0 Å². The molecule has 0 fully saturated rings. The highest BCUT2D eigenvalue weighted by Crippen LogP contribution is 2.40. The lowest BCUT2D eigenvalue weighted by Crippen LogP contribution is -2.44. The molecule has 0 heterocycles. The van der Waals surface area contributed by atoms with E-state index in [0.717, 1.165) is 0 Å². The Bertz CT molecular complexity index is 187. The van der Waals surface area contributed by atoms with Crippen molar-refractivity contribution in [2.24, 2.45) is 0 Å². The number of hydrogen-bond acceptors (Lipinski definition) is 1. The average Bonchev–Trinajstić information content (AvgIpc) is 2.00. The third-order valence-electron chi connectivity index (χ3n) is 1.88. The summed E-state index contributed by atoms with van der Waals surface area (Å²) in [7, 11) is 0. The minimum Gasteiger partial charge on any atom is -0.404 e. The molecule has 0 aliphatic heterocycles. The molecule has 0 aliphatic rings. The summed E-state index contributed by atoms with van der Waals surface area (Å²) in [6.07, 6.45) is -5.07. The first-order valence-electron chi connectivity index (χ1n) is 3.89. The van der Waals surface area contributed by atoms with Crippen LogP contribution in [0.3, 0.4) is 0 Å². The third-order valence-corrected chi connectivity index (χ3v) is 1.88. The van der Waals surface area contributed by atoms with Gasteiger partial charge in [0.05, 0.1) is 0 Å². The first kappa shape index (κ1) is 12.3. The van der Waals surface area contributed by atoms with E-state index in [1.165, 1.54) is 13.8 Å². The van der Waals surface area contributed by atoms with Crippen molar-refractivity contribution in [2.75, 3.05) is 0 Å². The summed E-state index contributed by atoms with van der Waals surface area (Å²) in [6.45, 7) is 4.96. The van der Waals surface area contributed by atoms with Gasteiger partial charge >= 0.3 is 6.11 Å². The van der Waals surface area contributed by atoms with Gasteiger partial charge in [0.2, 0.25) is 5.67 Å². The molecule has 0 saturated carbocycles. The van der Waals surface area contributed by atoms with Crippen molar-refractivity contribution >= 4 is 0 Å². The first-order valence-corrected chi connectivity index (χ1v) is 3.89. The van der Waals surface area contributed by atoms with Crippen LogP contribution in [0.15, 0.2) is 12.6 Å². The van der Waals surface area contributed by atoms with Crippen LogP contribution in [0.1, 0.15) is 26.7 Å². The Kier molecular flexibility index (Phi) is 3.75. The van der Waals surface area contributed by atoms with Crippen molar-refractivity contribution in [1.29, 1.82) is 0 Å². The van der Waals surface area contributed by atoms with Gasteiger partial charge in [0.25, 0.3) is 6.01 Å². The maximum Gasteiger partial charge on any atom is 0.434 e. The minimum atomic E-state index is -4.16. The predicted octanol–water partition coefficient (Wildman–Crippen LogP) is 3.56. The van der Waals surface area contributed by atoms with Gasteiger partial charge in [-0.05, 0) is 19.4 Å². The fourth-order valence-electron chi connectivity index (χ4n) is 0.892. The maximum absolute atomic E-state index is 13.3. The van der Waals surface area contributed by atoms with Crippen LogP contribution in [0.4, 0.5) is 17.6 Å². The second-order valence-electron chi connectivity index (χ2n) is 2.65. The summed E-state index contributed by atoms with van der Waals surface area (Å²) >= 11 is 0. The van der Waals surface area contributed by atoms with Crippen LogP contribution < -0.4 is 0 Å². The van der Waals surface area contributed by atoms with Gasteiger partial charge in [-0.3, -0.25) is 0 Å². The molecular formula is C8H12F4O. The largest absolute Gasteiger partial charge is 0.434 e. The molecule has 0 spiro atoms. The van der Waals surface area contributed by atoms with Gasteiger partial charge in [-0.2, -0.15) is 13.2 Å². The monoisotopic (exact) mass is 200 g/mol. The summed E-state index contributed by atoms with van der Waals surface area (Å²) in [5, 5.41) is 0. The molecule has 0 aromatic heterocycles. The van der Waals surface area contributed by atoms with Crippen LogP contribution in [-0.4, -0.2) is 11.8 Å². The number of rotatable bonds is 5. The van der Waals surface area contributed by atoms with E-state index >= 15 is 0 Å². The van der Waals surface area contributed by atoms with Crippen molar-refractivity contribution in [1.82, 2.24) is 0 Å². The Morgan fingerprint density at radius 3 is 1.85 bits per heavy atom. The van der Waals surface area contributed by atoms with Crippen molar-refractivity contribution in [3.63, 3.8) is 0 Å². The molecule has 0 atom stereocenters. The molecule has 1 nitrogen and oxygen atoms in total. The highest BCUT2D eigenvalue weighted by atomic mass is 19.3. The van der Waals surface area contributed by atoms with Gasteiger partial charge in [0.1, 0.15) is 0 Å². The number of alkyl halides is 3. The maximum atomic E-state index is 13.3. The van der Waals surface area contributed by atoms with Gasteiger partial charge in [0.15, 0.2) is 0 Å². The molecule has 0 N–H and O–H groups in total.